The predicted octanol–water partition coefficient (Wildman–Crippen LogP) is 4.80. The van der Waals surface area contributed by atoms with Crippen molar-refractivity contribution in [1.82, 2.24) is 0 Å². The molecule has 0 aliphatic carbocycles. The zero-order valence-corrected chi connectivity index (χ0v) is 24.5. The summed E-state index contributed by atoms with van der Waals surface area (Å²) in [6, 6.07) is 51.7. The fourth-order valence-electron chi connectivity index (χ4n) is 4.83. The Hall–Kier alpha value is -3.55. The molecule has 0 aromatic heterocycles. The standard InChI is InChI=1S/C34H34O2Si2/c1-5-13-27(14-6-1)33(28-15-7-2-8-16-28)25-35-37-31-21-23-32(24-22-31)38-36-26-34(29-17-9-3-10-18-29)30-19-11-4-12-20-30/h1-24,33-34H,25-26,37-38H2. The summed E-state index contributed by atoms with van der Waals surface area (Å²) in [6.07, 6.45) is 0. The lowest BCUT2D eigenvalue weighted by Crippen LogP contribution is -2.25. The molecule has 5 aromatic carbocycles. The molecule has 0 bridgehead atoms. The van der Waals surface area contributed by atoms with E-state index in [1.165, 1.54) is 32.6 Å². The van der Waals surface area contributed by atoms with Gasteiger partial charge in [0.2, 0.25) is 0 Å². The van der Waals surface area contributed by atoms with Gasteiger partial charge in [-0.25, -0.2) is 0 Å². The zero-order chi connectivity index (χ0) is 25.8. The van der Waals surface area contributed by atoms with E-state index in [1.807, 2.05) is 0 Å². The quantitative estimate of drug-likeness (QED) is 0.216. The molecular formula is C34H34O2Si2. The van der Waals surface area contributed by atoms with Gasteiger partial charge in [-0.05, 0) is 32.6 Å². The van der Waals surface area contributed by atoms with Crippen LogP contribution in [-0.4, -0.2) is 32.7 Å². The molecule has 190 valence electrons. The maximum Gasteiger partial charge on any atom is 0.192 e. The second kappa shape index (κ2) is 13.8. The summed E-state index contributed by atoms with van der Waals surface area (Å²) in [5.41, 5.74) is 5.21. The first kappa shape index (κ1) is 26.1. The van der Waals surface area contributed by atoms with Crippen molar-refractivity contribution < 1.29 is 8.85 Å². The van der Waals surface area contributed by atoms with E-state index in [-0.39, 0.29) is 11.8 Å². The van der Waals surface area contributed by atoms with Crippen LogP contribution in [0.1, 0.15) is 34.1 Å². The van der Waals surface area contributed by atoms with Gasteiger partial charge in [0, 0.05) is 25.0 Å². The van der Waals surface area contributed by atoms with Crippen LogP contribution in [0.3, 0.4) is 0 Å². The van der Waals surface area contributed by atoms with Crippen molar-refractivity contribution in [1.29, 1.82) is 0 Å². The third-order valence-electron chi connectivity index (χ3n) is 6.94. The van der Waals surface area contributed by atoms with Gasteiger partial charge in [0.25, 0.3) is 0 Å². The van der Waals surface area contributed by atoms with E-state index in [0.29, 0.717) is 13.2 Å². The highest BCUT2D eigenvalue weighted by atomic mass is 28.2. The maximum absolute atomic E-state index is 6.36. The van der Waals surface area contributed by atoms with Crippen molar-refractivity contribution >= 4 is 29.9 Å². The second-order valence-corrected chi connectivity index (χ2v) is 12.6. The van der Waals surface area contributed by atoms with E-state index in [2.05, 4.69) is 146 Å². The zero-order valence-electron chi connectivity index (χ0n) is 21.7. The summed E-state index contributed by atoms with van der Waals surface area (Å²) >= 11 is 0. The Balaban J connectivity index is 1.15. The number of hydrogen-bond acceptors (Lipinski definition) is 2. The third-order valence-corrected chi connectivity index (χ3v) is 9.43. The summed E-state index contributed by atoms with van der Waals surface area (Å²) in [5, 5.41) is 2.66. The highest BCUT2D eigenvalue weighted by Crippen LogP contribution is 2.25. The fourth-order valence-corrected chi connectivity index (χ4v) is 6.87. The first-order valence-corrected chi connectivity index (χ1v) is 15.9. The molecule has 0 amide bonds. The van der Waals surface area contributed by atoms with E-state index in [0.717, 1.165) is 0 Å². The molecule has 0 atom stereocenters. The maximum atomic E-state index is 6.36. The minimum atomic E-state index is -0.807. The van der Waals surface area contributed by atoms with Crippen molar-refractivity contribution in [2.45, 2.75) is 11.8 Å². The second-order valence-electron chi connectivity index (χ2n) is 9.59. The molecule has 0 spiro atoms. The van der Waals surface area contributed by atoms with Gasteiger partial charge in [0.1, 0.15) is 0 Å². The largest absolute Gasteiger partial charge is 0.418 e. The Morgan fingerprint density at radius 3 is 0.895 bits per heavy atom. The Bertz CT molecular complexity index is 1160. The number of hydrogen-bond donors (Lipinski definition) is 0. The molecule has 38 heavy (non-hydrogen) atoms. The van der Waals surface area contributed by atoms with Crippen LogP contribution in [0.25, 0.3) is 0 Å². The van der Waals surface area contributed by atoms with E-state index in [4.69, 9.17) is 8.85 Å². The molecule has 0 radical (unpaired) electrons. The van der Waals surface area contributed by atoms with Gasteiger partial charge >= 0.3 is 0 Å². The Kier molecular flexibility index (Phi) is 9.50. The van der Waals surface area contributed by atoms with Gasteiger partial charge in [-0.15, -0.1) is 0 Å². The van der Waals surface area contributed by atoms with E-state index >= 15 is 0 Å². The molecule has 5 rings (SSSR count). The number of benzene rings is 5. The minimum absolute atomic E-state index is 0.257. The lowest BCUT2D eigenvalue weighted by Gasteiger charge is -2.19. The van der Waals surface area contributed by atoms with Crippen molar-refractivity contribution in [3.8, 4) is 0 Å². The molecule has 0 saturated heterocycles. The molecule has 0 heterocycles. The molecule has 0 unspecified atom stereocenters. The third kappa shape index (κ3) is 7.27. The van der Waals surface area contributed by atoms with Crippen LogP contribution in [0, 0.1) is 0 Å². The van der Waals surface area contributed by atoms with Gasteiger partial charge in [0.15, 0.2) is 19.5 Å². The molecule has 0 aliphatic rings. The number of rotatable bonds is 12. The molecule has 0 saturated carbocycles. The van der Waals surface area contributed by atoms with Crippen molar-refractivity contribution in [3.05, 3.63) is 168 Å². The van der Waals surface area contributed by atoms with Gasteiger partial charge in [-0.3, -0.25) is 0 Å². The molecule has 2 nitrogen and oxygen atoms in total. The molecule has 0 fully saturated rings. The predicted molar refractivity (Wildman–Crippen MR) is 164 cm³/mol. The summed E-state index contributed by atoms with van der Waals surface area (Å²) in [4.78, 5) is 0. The smallest absolute Gasteiger partial charge is 0.192 e. The van der Waals surface area contributed by atoms with Crippen LogP contribution in [0.5, 0.6) is 0 Å². The van der Waals surface area contributed by atoms with Gasteiger partial charge in [0.05, 0.1) is 0 Å². The van der Waals surface area contributed by atoms with E-state index < -0.39 is 19.5 Å². The average Bonchev–Trinajstić information content (AvgIpc) is 3.00. The molecule has 0 aliphatic heterocycles. The van der Waals surface area contributed by atoms with Crippen molar-refractivity contribution in [3.63, 3.8) is 0 Å². The summed E-state index contributed by atoms with van der Waals surface area (Å²) < 4.78 is 12.7. The van der Waals surface area contributed by atoms with Crippen molar-refractivity contribution in [2.24, 2.45) is 0 Å². The topological polar surface area (TPSA) is 18.5 Å². The van der Waals surface area contributed by atoms with Gasteiger partial charge < -0.3 is 8.85 Å². The van der Waals surface area contributed by atoms with E-state index in [9.17, 15) is 0 Å². The Morgan fingerprint density at radius 2 is 0.632 bits per heavy atom. The Labute approximate surface area is 231 Å². The molecular weight excluding hydrogens is 497 g/mol. The summed E-state index contributed by atoms with van der Waals surface area (Å²) in [6.45, 7) is 1.42. The van der Waals surface area contributed by atoms with Crippen LogP contribution >= 0.6 is 0 Å². The normalized spacial score (nSPS) is 11.8. The molecule has 4 heteroatoms. The molecule has 5 aromatic rings. The molecule has 0 N–H and O–H groups in total. The average molecular weight is 531 g/mol. The van der Waals surface area contributed by atoms with Gasteiger partial charge in [-0.1, -0.05) is 146 Å². The van der Waals surface area contributed by atoms with Crippen LogP contribution < -0.4 is 10.4 Å². The Morgan fingerprint density at radius 1 is 0.368 bits per heavy atom. The first-order valence-electron chi connectivity index (χ1n) is 13.3. The van der Waals surface area contributed by atoms with Gasteiger partial charge in [-0.2, -0.15) is 0 Å². The summed E-state index contributed by atoms with van der Waals surface area (Å²) in [5.74, 6) is 0.513. The lowest BCUT2D eigenvalue weighted by molar-refractivity contribution is 0.325. The highest BCUT2D eigenvalue weighted by Gasteiger charge is 2.15. The highest BCUT2D eigenvalue weighted by molar-refractivity contribution is 6.49. The van der Waals surface area contributed by atoms with Crippen LogP contribution in [0.2, 0.25) is 0 Å². The SMILES string of the molecule is c1ccc(C(CO[SiH2]c2ccc([SiH2]OCC(c3ccccc3)c3ccccc3)cc2)c2ccccc2)cc1. The summed E-state index contributed by atoms with van der Waals surface area (Å²) in [7, 11) is -1.61. The van der Waals surface area contributed by atoms with E-state index in [1.54, 1.807) is 0 Å². The van der Waals surface area contributed by atoms with Crippen LogP contribution in [0.15, 0.2) is 146 Å². The first-order chi connectivity index (χ1) is 18.9. The fraction of sp³-hybridized carbons (Fsp3) is 0.118. The van der Waals surface area contributed by atoms with Crippen molar-refractivity contribution in [2.75, 3.05) is 13.2 Å². The minimum Gasteiger partial charge on any atom is -0.418 e. The van der Waals surface area contributed by atoms with Crippen LogP contribution in [-0.2, 0) is 8.85 Å². The monoisotopic (exact) mass is 530 g/mol. The lowest BCUT2D eigenvalue weighted by atomic mass is 9.92. The van der Waals surface area contributed by atoms with Crippen LogP contribution in [0.4, 0.5) is 0 Å².